The van der Waals surface area contributed by atoms with Crippen molar-refractivity contribution >= 4 is 33.4 Å². The van der Waals surface area contributed by atoms with Crippen molar-refractivity contribution in [3.05, 3.63) is 107 Å². The highest BCUT2D eigenvalue weighted by Crippen LogP contribution is 2.23. The van der Waals surface area contributed by atoms with Gasteiger partial charge >= 0.3 is 0 Å². The molecule has 3 aromatic carbocycles. The predicted molar refractivity (Wildman–Crippen MR) is 196 cm³/mol. The second-order valence-corrected chi connectivity index (χ2v) is 15.2. The number of nitrogens with zero attached hydrogens (tertiary/aromatic N) is 1. The summed E-state index contributed by atoms with van der Waals surface area (Å²) in [5, 5.41) is 19.8. The fourth-order valence-electron chi connectivity index (χ4n) is 5.61. The summed E-state index contributed by atoms with van der Waals surface area (Å²) in [6.45, 7) is 3.52. The number of aliphatic hydroxyl groups is 1. The van der Waals surface area contributed by atoms with Crippen LogP contribution in [0.1, 0.15) is 47.3 Å². The fraction of sp³-hybridized carbons (Fsp3) is 0.395. The number of allylic oxidation sites excluding steroid dienone is 2. The van der Waals surface area contributed by atoms with Crippen molar-refractivity contribution in [1.29, 1.82) is 0 Å². The van der Waals surface area contributed by atoms with Crippen LogP contribution >= 0.6 is 0 Å². The Labute approximate surface area is 304 Å². The highest BCUT2D eigenvalue weighted by molar-refractivity contribution is 7.92. The van der Waals surface area contributed by atoms with Crippen molar-refractivity contribution in [1.82, 2.24) is 16.0 Å². The number of halogens is 1. The zero-order valence-corrected chi connectivity index (χ0v) is 30.8. The third kappa shape index (κ3) is 11.4. The number of hydrogen-bond acceptors (Lipinski definition) is 8. The number of methoxy groups -OCH3 is 1. The molecule has 3 amide bonds. The van der Waals surface area contributed by atoms with E-state index in [4.69, 9.17) is 9.47 Å². The van der Waals surface area contributed by atoms with Crippen LogP contribution in [0, 0.1) is 11.7 Å². The number of amides is 3. The van der Waals surface area contributed by atoms with Crippen LogP contribution in [0.3, 0.4) is 0 Å². The Hall–Kier alpha value is -4.79. The molecular formula is C38H47FN4O8S. The quantitative estimate of drug-likeness (QED) is 0.206. The summed E-state index contributed by atoms with van der Waals surface area (Å²) < 4.78 is 51.7. The number of aliphatic hydroxyl groups excluding tert-OH is 1. The number of benzene rings is 3. The van der Waals surface area contributed by atoms with E-state index in [0.717, 1.165) is 16.1 Å². The van der Waals surface area contributed by atoms with Gasteiger partial charge in [0.1, 0.15) is 30.3 Å². The van der Waals surface area contributed by atoms with Gasteiger partial charge in [-0.05, 0) is 65.8 Å². The van der Waals surface area contributed by atoms with Gasteiger partial charge in [-0.3, -0.25) is 18.7 Å². The van der Waals surface area contributed by atoms with Crippen molar-refractivity contribution in [2.24, 2.45) is 5.92 Å². The van der Waals surface area contributed by atoms with E-state index in [0.29, 0.717) is 24.0 Å². The van der Waals surface area contributed by atoms with Crippen molar-refractivity contribution in [2.75, 3.05) is 31.3 Å². The molecule has 4 N–H and O–H groups in total. The predicted octanol–water partition coefficient (Wildman–Crippen LogP) is 3.28. The first kappa shape index (κ1) is 40.0. The zero-order valence-electron chi connectivity index (χ0n) is 30.0. The van der Waals surface area contributed by atoms with Crippen LogP contribution in [0.2, 0.25) is 0 Å². The van der Waals surface area contributed by atoms with Crippen LogP contribution in [0.15, 0.2) is 78.9 Å². The fourth-order valence-corrected chi connectivity index (χ4v) is 6.10. The summed E-state index contributed by atoms with van der Waals surface area (Å²) in [4.78, 5) is 40.3. The Balaban J connectivity index is 1.58. The van der Waals surface area contributed by atoms with Gasteiger partial charge in [0.15, 0.2) is 0 Å². The number of nitrogens with one attached hydrogen (secondary N) is 3. The Kier molecular flexibility index (Phi) is 13.9. The summed E-state index contributed by atoms with van der Waals surface area (Å²) in [5.74, 6) is -2.34. The lowest BCUT2D eigenvalue weighted by atomic mass is 10.00. The molecule has 280 valence electrons. The number of carbonyl (C=O) groups excluding carboxylic acids is 3. The number of anilines is 1. The standard InChI is InChI=1S/C38H47FN4O8S/c1-24(2)35(38(47)40-22-25-11-7-6-8-12-25)42-37(46)34(50-4)21-33(44)32-23-51-31-18-27(16-29(39)20-31)14-10-9-13-26-15-28(36(45)41-32)19-30(17-26)43(3)52(5,48)49/h6-12,15-20,24,32-35,44H,13-14,21-23H2,1-5H3,(H,40,47)(H,41,45)(H,42,46)/b10-9+/t32-,33-,34+,35-/m0/s1. The minimum atomic E-state index is -3.67. The van der Waals surface area contributed by atoms with Crippen LogP contribution in [0.5, 0.6) is 5.75 Å². The summed E-state index contributed by atoms with van der Waals surface area (Å²) in [7, 11) is -1.000. The van der Waals surface area contributed by atoms with E-state index in [-0.39, 0.29) is 42.5 Å². The summed E-state index contributed by atoms with van der Waals surface area (Å²) in [6, 6.07) is 16.2. The Morgan fingerprint density at radius 2 is 1.71 bits per heavy atom. The largest absolute Gasteiger partial charge is 0.491 e. The molecule has 0 aromatic heterocycles. The zero-order chi connectivity index (χ0) is 38.0. The number of fused-ring (bicyclic) bond motifs is 4. The van der Waals surface area contributed by atoms with E-state index in [9.17, 15) is 32.3 Å². The van der Waals surface area contributed by atoms with Crippen molar-refractivity contribution in [3.63, 3.8) is 0 Å². The third-order valence-corrected chi connectivity index (χ3v) is 9.91. The summed E-state index contributed by atoms with van der Waals surface area (Å²) in [5.41, 5.74) is 2.53. The van der Waals surface area contributed by atoms with Gasteiger partial charge in [-0.1, -0.05) is 56.3 Å². The number of hydrogen-bond donors (Lipinski definition) is 4. The van der Waals surface area contributed by atoms with E-state index >= 15 is 0 Å². The van der Waals surface area contributed by atoms with Crippen LogP contribution in [0.4, 0.5) is 10.1 Å². The van der Waals surface area contributed by atoms with E-state index in [2.05, 4.69) is 16.0 Å². The average Bonchev–Trinajstić information content (AvgIpc) is 3.10. The van der Waals surface area contributed by atoms with E-state index < -0.39 is 57.9 Å². The van der Waals surface area contributed by atoms with E-state index in [1.807, 2.05) is 42.5 Å². The van der Waals surface area contributed by atoms with Crippen molar-refractivity contribution in [3.8, 4) is 5.75 Å². The molecule has 1 aliphatic rings. The number of ether oxygens (including phenoxy) is 2. The molecule has 4 atom stereocenters. The molecule has 0 spiro atoms. The first-order valence-electron chi connectivity index (χ1n) is 16.9. The van der Waals surface area contributed by atoms with Gasteiger partial charge in [0.2, 0.25) is 21.8 Å². The maximum Gasteiger partial charge on any atom is 0.251 e. The lowest BCUT2D eigenvalue weighted by Gasteiger charge is -2.28. The Morgan fingerprint density at radius 1 is 1.04 bits per heavy atom. The second-order valence-electron chi connectivity index (χ2n) is 13.1. The van der Waals surface area contributed by atoms with Crippen molar-refractivity contribution < 1.29 is 41.8 Å². The van der Waals surface area contributed by atoms with E-state index in [1.54, 1.807) is 32.0 Å². The summed E-state index contributed by atoms with van der Waals surface area (Å²) >= 11 is 0. The highest BCUT2D eigenvalue weighted by atomic mass is 32.2. The Morgan fingerprint density at radius 3 is 2.35 bits per heavy atom. The van der Waals surface area contributed by atoms with Crippen LogP contribution < -0.4 is 25.0 Å². The van der Waals surface area contributed by atoms with Crippen LogP contribution in [0.25, 0.3) is 0 Å². The number of rotatable bonds is 12. The topological polar surface area (TPSA) is 163 Å². The molecule has 1 aliphatic heterocycles. The molecule has 0 unspecified atom stereocenters. The molecular weight excluding hydrogens is 692 g/mol. The van der Waals surface area contributed by atoms with E-state index in [1.165, 1.54) is 32.4 Å². The molecule has 0 radical (unpaired) electrons. The van der Waals surface area contributed by atoms with Gasteiger partial charge in [0.05, 0.1) is 24.1 Å². The van der Waals surface area contributed by atoms with Crippen LogP contribution in [-0.4, -0.2) is 82.6 Å². The monoisotopic (exact) mass is 738 g/mol. The molecule has 0 fully saturated rings. The summed E-state index contributed by atoms with van der Waals surface area (Å²) in [6.07, 6.45) is 2.47. The molecule has 3 aromatic rings. The smallest absolute Gasteiger partial charge is 0.251 e. The molecule has 4 bridgehead atoms. The lowest BCUT2D eigenvalue weighted by Crippen LogP contribution is -2.54. The molecule has 4 rings (SSSR count). The Bertz CT molecular complexity index is 1850. The molecule has 0 saturated heterocycles. The maximum absolute atomic E-state index is 14.6. The molecule has 1 heterocycles. The van der Waals surface area contributed by atoms with Gasteiger partial charge < -0.3 is 30.5 Å². The molecule has 52 heavy (non-hydrogen) atoms. The minimum absolute atomic E-state index is 0.123. The maximum atomic E-state index is 14.6. The first-order chi connectivity index (χ1) is 24.6. The van der Waals surface area contributed by atoms with Gasteiger partial charge in [-0.2, -0.15) is 0 Å². The molecule has 0 saturated carbocycles. The molecule has 12 nitrogen and oxygen atoms in total. The van der Waals surface area contributed by atoms with Crippen molar-refractivity contribution in [2.45, 2.75) is 63.9 Å². The number of sulfonamides is 1. The van der Waals surface area contributed by atoms with Crippen LogP contribution in [-0.2, 0) is 43.7 Å². The average molecular weight is 739 g/mol. The molecule has 0 aliphatic carbocycles. The minimum Gasteiger partial charge on any atom is -0.491 e. The third-order valence-electron chi connectivity index (χ3n) is 8.71. The highest BCUT2D eigenvalue weighted by Gasteiger charge is 2.32. The van der Waals surface area contributed by atoms with Gasteiger partial charge in [0, 0.05) is 38.8 Å². The SMILES string of the molecule is CO[C@H](C[C@H](O)[C@@H]1COc2cc(F)cc(c2)C/C=C/Cc2cc(cc(N(C)S(C)(=O)=O)c2)C(=O)N1)C(=O)N[C@H](C(=O)NCc1ccccc1)C(C)C. The number of carbonyl (C=O) groups is 3. The van der Waals surface area contributed by atoms with Gasteiger partial charge in [0.25, 0.3) is 5.91 Å². The van der Waals surface area contributed by atoms with Gasteiger partial charge in [-0.25, -0.2) is 12.8 Å². The first-order valence-corrected chi connectivity index (χ1v) is 18.8. The molecule has 14 heteroatoms. The van der Waals surface area contributed by atoms with Gasteiger partial charge in [-0.15, -0.1) is 0 Å². The second kappa shape index (κ2) is 18.1. The lowest BCUT2D eigenvalue weighted by molar-refractivity contribution is -0.137. The normalized spacial score (nSPS) is 17.3.